The number of hydrogen-bond acceptors (Lipinski definition) is 4. The number of hydrogen-bond donors (Lipinski definition) is 1. The smallest absolute Gasteiger partial charge is 0.0925 e. The van der Waals surface area contributed by atoms with Crippen LogP contribution in [0.2, 0.25) is 0 Å². The van der Waals surface area contributed by atoms with Crippen LogP contribution in [-0.4, -0.2) is 4.98 Å². The third kappa shape index (κ3) is 2.66. The number of aryl methyl sites for hydroxylation is 3. The molecule has 0 saturated carbocycles. The van der Waals surface area contributed by atoms with Gasteiger partial charge in [0, 0.05) is 33.9 Å². The number of thiophene rings is 1. The monoisotopic (exact) mass is 278 g/mol. The van der Waals surface area contributed by atoms with Crippen molar-refractivity contribution in [2.75, 3.05) is 0 Å². The van der Waals surface area contributed by atoms with Crippen LogP contribution in [0.1, 0.15) is 38.5 Å². The van der Waals surface area contributed by atoms with Crippen molar-refractivity contribution in [3.63, 3.8) is 0 Å². The maximum Gasteiger partial charge on any atom is 0.0925 e. The van der Waals surface area contributed by atoms with Gasteiger partial charge in [-0.1, -0.05) is 6.92 Å². The molecule has 0 aromatic carbocycles. The van der Waals surface area contributed by atoms with Gasteiger partial charge in [-0.3, -0.25) is 0 Å². The maximum atomic E-state index is 4.38. The van der Waals surface area contributed by atoms with E-state index < -0.39 is 0 Å². The quantitative estimate of drug-likeness (QED) is 0.905. The predicted octanol–water partition coefficient (Wildman–Crippen LogP) is 3.55. The molecule has 4 heteroatoms. The maximum absolute atomic E-state index is 4.38. The minimum Gasteiger partial charge on any atom is -0.307 e. The van der Waals surface area contributed by atoms with Crippen LogP contribution >= 0.6 is 22.7 Å². The molecule has 18 heavy (non-hydrogen) atoms. The zero-order valence-electron chi connectivity index (χ0n) is 10.7. The highest BCUT2D eigenvalue weighted by atomic mass is 32.1. The Bertz CT molecular complexity index is 506. The molecule has 0 saturated heterocycles. The second-order valence-electron chi connectivity index (χ2n) is 4.69. The van der Waals surface area contributed by atoms with Crippen LogP contribution in [0.3, 0.4) is 0 Å². The van der Waals surface area contributed by atoms with E-state index in [-0.39, 0.29) is 0 Å². The van der Waals surface area contributed by atoms with Crippen LogP contribution in [0.15, 0.2) is 12.3 Å². The lowest BCUT2D eigenvalue weighted by molar-refractivity contribution is 0.707. The molecule has 0 spiro atoms. The van der Waals surface area contributed by atoms with Crippen LogP contribution in [0.4, 0.5) is 0 Å². The van der Waals surface area contributed by atoms with Gasteiger partial charge in [0.1, 0.15) is 0 Å². The van der Waals surface area contributed by atoms with Crippen LogP contribution < -0.4 is 5.32 Å². The van der Waals surface area contributed by atoms with Crippen molar-refractivity contribution in [1.29, 1.82) is 0 Å². The van der Waals surface area contributed by atoms with Crippen molar-refractivity contribution in [3.05, 3.63) is 37.5 Å². The molecule has 96 valence electrons. The lowest BCUT2D eigenvalue weighted by Gasteiger charge is -2.00. The fourth-order valence-electron chi connectivity index (χ4n) is 2.38. The predicted molar refractivity (Wildman–Crippen MR) is 78.4 cm³/mol. The molecular formula is C14H18N2S2. The van der Waals surface area contributed by atoms with Gasteiger partial charge in [-0.25, -0.2) is 4.98 Å². The first-order valence-electron chi connectivity index (χ1n) is 6.60. The molecule has 1 aliphatic rings. The first-order chi connectivity index (χ1) is 8.85. The summed E-state index contributed by atoms with van der Waals surface area (Å²) in [6, 6.07) is 2.39. The molecular weight excluding hydrogens is 260 g/mol. The summed E-state index contributed by atoms with van der Waals surface area (Å²) in [6.45, 7) is 4.10. The second kappa shape index (κ2) is 5.51. The number of aromatic nitrogens is 1. The molecule has 2 aromatic rings. The largest absolute Gasteiger partial charge is 0.307 e. The summed E-state index contributed by atoms with van der Waals surface area (Å²) in [7, 11) is 0. The van der Waals surface area contributed by atoms with Crippen molar-refractivity contribution >= 4 is 22.7 Å². The summed E-state index contributed by atoms with van der Waals surface area (Å²) in [5.41, 5.74) is 1.60. The van der Waals surface area contributed by atoms with Crippen molar-refractivity contribution in [1.82, 2.24) is 10.3 Å². The van der Waals surface area contributed by atoms with Gasteiger partial charge in [0.05, 0.1) is 5.01 Å². The molecule has 1 N–H and O–H groups in total. The van der Waals surface area contributed by atoms with Gasteiger partial charge in [-0.2, -0.15) is 0 Å². The minimum atomic E-state index is 0.945. The summed E-state index contributed by atoms with van der Waals surface area (Å²) in [5.74, 6) is 0. The number of thiazole rings is 1. The third-order valence-electron chi connectivity index (χ3n) is 3.30. The fraction of sp³-hybridized carbons (Fsp3) is 0.500. The van der Waals surface area contributed by atoms with Gasteiger partial charge < -0.3 is 5.32 Å². The number of nitrogens with one attached hydrogen (secondary N) is 1. The van der Waals surface area contributed by atoms with Crippen LogP contribution in [-0.2, 0) is 32.4 Å². The van der Waals surface area contributed by atoms with E-state index in [0.29, 0.717) is 0 Å². The van der Waals surface area contributed by atoms with Crippen molar-refractivity contribution in [2.24, 2.45) is 0 Å². The minimum absolute atomic E-state index is 0.945. The van der Waals surface area contributed by atoms with Gasteiger partial charge in [-0.05, 0) is 37.3 Å². The molecule has 2 heterocycles. The van der Waals surface area contributed by atoms with E-state index in [1.807, 2.05) is 28.9 Å². The summed E-state index contributed by atoms with van der Waals surface area (Å²) in [6.07, 6.45) is 7.00. The molecule has 0 aliphatic heterocycles. The molecule has 2 aromatic heterocycles. The molecule has 1 aliphatic carbocycles. The first kappa shape index (κ1) is 12.3. The van der Waals surface area contributed by atoms with Gasteiger partial charge >= 0.3 is 0 Å². The average Bonchev–Trinajstić information content (AvgIpc) is 3.03. The van der Waals surface area contributed by atoms with E-state index in [2.05, 4.69) is 23.3 Å². The molecule has 0 fully saturated rings. The first-order valence-corrected chi connectivity index (χ1v) is 8.23. The molecule has 2 nitrogen and oxygen atoms in total. The van der Waals surface area contributed by atoms with Crippen LogP contribution in [0, 0.1) is 0 Å². The Kier molecular flexibility index (Phi) is 3.77. The standard InChI is InChI=1S/C14H18N2S2/c1-2-14-16-9-12(18-14)8-15-7-11-6-10-4-3-5-13(10)17-11/h6,9,15H,2-5,7-8H2,1H3. The number of fused-ring (bicyclic) bond motifs is 1. The summed E-state index contributed by atoms with van der Waals surface area (Å²) in [4.78, 5) is 8.83. The third-order valence-corrected chi connectivity index (χ3v) is 5.68. The van der Waals surface area contributed by atoms with Gasteiger partial charge in [0.15, 0.2) is 0 Å². The SMILES string of the molecule is CCc1ncc(CNCc2cc3c(s2)CCC3)s1. The van der Waals surface area contributed by atoms with Gasteiger partial charge in [-0.15, -0.1) is 22.7 Å². The molecule has 0 radical (unpaired) electrons. The Morgan fingerprint density at radius 3 is 2.89 bits per heavy atom. The highest BCUT2D eigenvalue weighted by molar-refractivity contribution is 7.12. The van der Waals surface area contributed by atoms with E-state index in [0.717, 1.165) is 19.5 Å². The zero-order valence-corrected chi connectivity index (χ0v) is 12.3. The molecule has 0 atom stereocenters. The number of rotatable bonds is 5. The van der Waals surface area contributed by atoms with E-state index in [1.165, 1.54) is 34.0 Å². The fourth-order valence-corrected chi connectivity index (χ4v) is 4.44. The zero-order chi connectivity index (χ0) is 12.4. The summed E-state index contributed by atoms with van der Waals surface area (Å²) in [5, 5.41) is 4.76. The Hall–Kier alpha value is -0.710. The normalized spacial score (nSPS) is 14.1. The van der Waals surface area contributed by atoms with Crippen molar-refractivity contribution in [3.8, 4) is 0 Å². The number of nitrogens with zero attached hydrogens (tertiary/aromatic N) is 1. The Labute approximate surface area is 116 Å². The molecule has 3 rings (SSSR count). The summed E-state index contributed by atoms with van der Waals surface area (Å²) < 4.78 is 0. The average molecular weight is 278 g/mol. The summed E-state index contributed by atoms with van der Waals surface area (Å²) >= 11 is 3.81. The Morgan fingerprint density at radius 2 is 2.11 bits per heavy atom. The molecule has 0 bridgehead atoms. The van der Waals surface area contributed by atoms with Crippen molar-refractivity contribution in [2.45, 2.75) is 45.7 Å². The lowest BCUT2D eigenvalue weighted by atomic mass is 10.2. The lowest BCUT2D eigenvalue weighted by Crippen LogP contribution is -2.10. The van der Waals surface area contributed by atoms with Crippen LogP contribution in [0.25, 0.3) is 0 Å². The Morgan fingerprint density at radius 1 is 1.22 bits per heavy atom. The van der Waals surface area contributed by atoms with Crippen LogP contribution in [0.5, 0.6) is 0 Å². The molecule has 0 unspecified atom stereocenters. The van der Waals surface area contributed by atoms with Crippen molar-refractivity contribution < 1.29 is 0 Å². The Balaban J connectivity index is 1.51. The second-order valence-corrected chi connectivity index (χ2v) is 7.11. The molecule has 0 amide bonds. The van der Waals surface area contributed by atoms with Gasteiger partial charge in [0.25, 0.3) is 0 Å². The topological polar surface area (TPSA) is 24.9 Å². The van der Waals surface area contributed by atoms with Gasteiger partial charge in [0.2, 0.25) is 0 Å². The highest BCUT2D eigenvalue weighted by Crippen LogP contribution is 2.30. The van der Waals surface area contributed by atoms with E-state index >= 15 is 0 Å². The highest BCUT2D eigenvalue weighted by Gasteiger charge is 2.14. The van der Waals surface area contributed by atoms with E-state index in [4.69, 9.17) is 0 Å². The van der Waals surface area contributed by atoms with E-state index in [9.17, 15) is 0 Å². The van der Waals surface area contributed by atoms with E-state index in [1.54, 1.807) is 10.4 Å².